The highest BCUT2D eigenvalue weighted by atomic mass is 32.2. The summed E-state index contributed by atoms with van der Waals surface area (Å²) in [5.41, 5.74) is 0.565. The molecule has 128 valence electrons. The van der Waals surface area contributed by atoms with Gasteiger partial charge in [-0.05, 0) is 12.1 Å². The second-order valence-corrected chi connectivity index (χ2v) is 6.74. The summed E-state index contributed by atoms with van der Waals surface area (Å²) in [6, 6.07) is 7.76. The molecule has 0 atom stereocenters. The molecule has 0 N–H and O–H groups in total. The summed E-state index contributed by atoms with van der Waals surface area (Å²) in [7, 11) is -0.0764. The van der Waals surface area contributed by atoms with E-state index in [0.29, 0.717) is 10.4 Å². The van der Waals surface area contributed by atoms with E-state index in [1.807, 2.05) is 19.0 Å². The normalized spacial score (nSPS) is 12.0. The fourth-order valence-corrected chi connectivity index (χ4v) is 2.24. The van der Waals surface area contributed by atoms with Crippen LogP contribution in [0.25, 0.3) is 0 Å². The second kappa shape index (κ2) is 6.75. The Labute approximate surface area is 138 Å². The number of benzene rings is 1. The predicted octanol–water partition coefficient (Wildman–Crippen LogP) is 1.31. The third kappa shape index (κ3) is 4.59. The molecule has 1 heterocycles. The molecule has 1 aromatic carbocycles. The molecule has 8 nitrogen and oxygen atoms in total. The van der Waals surface area contributed by atoms with Crippen molar-refractivity contribution in [2.24, 2.45) is 0 Å². The molecule has 0 aliphatic carbocycles. The number of hydrogen-bond donors (Lipinski definition) is 0. The highest BCUT2D eigenvalue weighted by Gasteiger charge is 2.11. The molecule has 24 heavy (non-hydrogen) atoms. The van der Waals surface area contributed by atoms with Crippen molar-refractivity contribution in [1.29, 1.82) is 0 Å². The lowest BCUT2D eigenvalue weighted by atomic mass is 10.2. The maximum atomic E-state index is 12.1. The van der Waals surface area contributed by atoms with Crippen molar-refractivity contribution < 1.29 is 21.8 Å². The lowest BCUT2D eigenvalue weighted by Crippen LogP contribution is -2.13. The SMILES string of the molecule is CN(C)c1ccc(/[N+]([O-])=C/c2cc(=O)c(OS(C)(=O)=O)co2)cc1. The Bertz CT molecular complexity index is 914. The molecule has 0 saturated heterocycles. The molecular formula is C15H16N2O6S. The monoisotopic (exact) mass is 352 g/mol. The summed E-state index contributed by atoms with van der Waals surface area (Å²) in [4.78, 5) is 13.7. The first-order valence-corrected chi connectivity index (χ1v) is 8.58. The Balaban J connectivity index is 2.27. The minimum Gasteiger partial charge on any atom is -0.618 e. The van der Waals surface area contributed by atoms with Crippen LogP contribution in [-0.2, 0) is 10.1 Å². The zero-order valence-corrected chi connectivity index (χ0v) is 14.1. The molecule has 0 unspecified atom stereocenters. The van der Waals surface area contributed by atoms with E-state index in [-0.39, 0.29) is 5.76 Å². The van der Waals surface area contributed by atoms with Crippen LogP contribution in [0.4, 0.5) is 11.4 Å². The van der Waals surface area contributed by atoms with Crippen LogP contribution in [0.15, 0.2) is 45.8 Å². The van der Waals surface area contributed by atoms with Crippen LogP contribution < -0.4 is 14.5 Å². The zero-order chi connectivity index (χ0) is 17.9. The number of nitrogens with zero attached hydrogens (tertiary/aromatic N) is 2. The summed E-state index contributed by atoms with van der Waals surface area (Å²) in [5.74, 6) is -0.505. The van der Waals surface area contributed by atoms with Crippen LogP contribution in [-0.4, -0.2) is 39.7 Å². The highest BCUT2D eigenvalue weighted by molar-refractivity contribution is 7.86. The molecule has 9 heteroatoms. The van der Waals surface area contributed by atoms with Crippen LogP contribution in [0.1, 0.15) is 5.76 Å². The Hall–Kier alpha value is -2.81. The molecule has 1 aromatic heterocycles. The standard InChI is InChI=1S/C15H16N2O6S/c1-16(2)11-4-6-12(7-5-11)17(19)9-13-8-14(18)15(10-22-13)23-24(3,20)21/h4-10H,1-3H3/b17-9-. The summed E-state index contributed by atoms with van der Waals surface area (Å²) in [6.07, 6.45) is 2.72. The van der Waals surface area contributed by atoms with Crippen molar-refractivity contribution in [3.8, 4) is 5.75 Å². The van der Waals surface area contributed by atoms with Gasteiger partial charge < -0.3 is 18.7 Å². The molecule has 0 saturated carbocycles. The fraction of sp³-hybridized carbons (Fsp3) is 0.200. The molecule has 0 radical (unpaired) electrons. The summed E-state index contributed by atoms with van der Waals surface area (Å²) in [5, 5.41) is 12.1. The van der Waals surface area contributed by atoms with Crippen molar-refractivity contribution in [1.82, 2.24) is 0 Å². The Kier molecular flexibility index (Phi) is 4.93. The highest BCUT2D eigenvalue weighted by Crippen LogP contribution is 2.17. The molecule has 0 spiro atoms. The van der Waals surface area contributed by atoms with Crippen LogP contribution in [0.2, 0.25) is 0 Å². The predicted molar refractivity (Wildman–Crippen MR) is 89.7 cm³/mol. The van der Waals surface area contributed by atoms with Gasteiger partial charge in [0.25, 0.3) is 0 Å². The van der Waals surface area contributed by atoms with Crippen molar-refractivity contribution in [3.05, 3.63) is 57.8 Å². The third-order valence-corrected chi connectivity index (χ3v) is 3.41. The first-order chi connectivity index (χ1) is 11.2. The van der Waals surface area contributed by atoms with Gasteiger partial charge in [0, 0.05) is 38.0 Å². The van der Waals surface area contributed by atoms with E-state index >= 15 is 0 Å². The summed E-state index contributed by atoms with van der Waals surface area (Å²) in [6.45, 7) is 0. The molecule has 0 aliphatic rings. The van der Waals surface area contributed by atoms with Crippen molar-refractivity contribution in [2.45, 2.75) is 0 Å². The molecule has 0 amide bonds. The van der Waals surface area contributed by atoms with Gasteiger partial charge in [-0.1, -0.05) is 0 Å². The molecule has 0 aliphatic heterocycles. The van der Waals surface area contributed by atoms with Gasteiger partial charge in [-0.3, -0.25) is 4.79 Å². The maximum Gasteiger partial charge on any atom is 0.306 e. The first kappa shape index (κ1) is 17.5. The first-order valence-electron chi connectivity index (χ1n) is 6.76. The van der Waals surface area contributed by atoms with E-state index in [0.717, 1.165) is 30.5 Å². The smallest absolute Gasteiger partial charge is 0.306 e. The van der Waals surface area contributed by atoms with Gasteiger partial charge in [0.1, 0.15) is 6.26 Å². The van der Waals surface area contributed by atoms with Crippen molar-refractivity contribution in [3.63, 3.8) is 0 Å². The summed E-state index contributed by atoms with van der Waals surface area (Å²) >= 11 is 0. The topological polar surface area (TPSA) is 103 Å². The molecule has 2 aromatic rings. The zero-order valence-electron chi connectivity index (χ0n) is 13.3. The average molecular weight is 352 g/mol. The third-order valence-electron chi connectivity index (χ3n) is 2.92. The molecule has 2 rings (SSSR count). The van der Waals surface area contributed by atoms with Gasteiger partial charge in [-0.25, -0.2) is 0 Å². The van der Waals surface area contributed by atoms with Crippen LogP contribution in [0, 0.1) is 5.21 Å². The Morgan fingerprint density at radius 2 is 1.88 bits per heavy atom. The molecule has 0 fully saturated rings. The van der Waals surface area contributed by atoms with Gasteiger partial charge in [0.15, 0.2) is 5.76 Å². The molecule has 0 bridgehead atoms. The van der Waals surface area contributed by atoms with E-state index in [4.69, 9.17) is 4.42 Å². The van der Waals surface area contributed by atoms with Gasteiger partial charge in [-0.15, -0.1) is 0 Å². The second-order valence-electron chi connectivity index (χ2n) is 5.16. The van der Waals surface area contributed by atoms with Crippen LogP contribution in [0.3, 0.4) is 0 Å². The van der Waals surface area contributed by atoms with E-state index in [2.05, 4.69) is 4.18 Å². The van der Waals surface area contributed by atoms with Gasteiger partial charge in [0.2, 0.25) is 23.1 Å². The maximum absolute atomic E-state index is 12.1. The van der Waals surface area contributed by atoms with Gasteiger partial charge in [0.05, 0.1) is 6.26 Å². The number of anilines is 1. The van der Waals surface area contributed by atoms with Crippen LogP contribution >= 0.6 is 0 Å². The van der Waals surface area contributed by atoms with Crippen LogP contribution in [0.5, 0.6) is 5.75 Å². The largest absolute Gasteiger partial charge is 0.618 e. The lowest BCUT2D eigenvalue weighted by Gasteiger charge is -2.12. The van der Waals surface area contributed by atoms with Gasteiger partial charge >= 0.3 is 10.1 Å². The fourth-order valence-electron chi connectivity index (χ4n) is 1.79. The minimum atomic E-state index is -3.84. The molecular weight excluding hydrogens is 336 g/mol. The average Bonchev–Trinajstić information content (AvgIpc) is 2.49. The lowest BCUT2D eigenvalue weighted by molar-refractivity contribution is -0.354. The number of hydrogen-bond acceptors (Lipinski definition) is 7. The van der Waals surface area contributed by atoms with E-state index in [1.165, 1.54) is 0 Å². The van der Waals surface area contributed by atoms with E-state index in [9.17, 15) is 18.4 Å². The van der Waals surface area contributed by atoms with Gasteiger partial charge in [-0.2, -0.15) is 13.2 Å². The quantitative estimate of drug-likeness (QED) is 0.263. The number of rotatable bonds is 5. The van der Waals surface area contributed by atoms with E-state index in [1.54, 1.807) is 24.3 Å². The summed E-state index contributed by atoms with van der Waals surface area (Å²) < 4.78 is 32.1. The van der Waals surface area contributed by atoms with E-state index < -0.39 is 21.3 Å². The Morgan fingerprint density at radius 3 is 2.38 bits per heavy atom. The van der Waals surface area contributed by atoms with Crippen molar-refractivity contribution in [2.75, 3.05) is 25.3 Å². The van der Waals surface area contributed by atoms with Crippen molar-refractivity contribution >= 4 is 27.7 Å². The Morgan fingerprint density at radius 1 is 1.25 bits per heavy atom. The minimum absolute atomic E-state index is 0.0347.